The number of aryl methyl sites for hydroxylation is 1. The third-order valence-electron chi connectivity index (χ3n) is 1.87. The van der Waals surface area contributed by atoms with E-state index in [9.17, 15) is 4.79 Å². The summed E-state index contributed by atoms with van der Waals surface area (Å²) in [5.74, 6) is -0.884. The Bertz CT molecular complexity index is 285. The zero-order valence-corrected chi connectivity index (χ0v) is 10.8. The van der Waals surface area contributed by atoms with Crippen LogP contribution in [0.1, 0.15) is 22.3 Å². The third kappa shape index (κ3) is 4.38. The maximum absolute atomic E-state index is 10.5. The third-order valence-corrected chi connectivity index (χ3v) is 1.87. The molecule has 0 atom stereocenters. The molecule has 1 aromatic carbocycles. The van der Waals surface area contributed by atoms with Gasteiger partial charge in [-0.3, -0.25) is 0 Å². The summed E-state index contributed by atoms with van der Waals surface area (Å²) in [5.41, 5.74) is 1.46. The molecule has 4 heteroatoms. The first-order chi connectivity index (χ1) is 6.24. The molecule has 0 bridgehead atoms. The molecule has 0 aromatic heterocycles. The molecule has 0 spiro atoms. The van der Waals surface area contributed by atoms with Crippen LogP contribution >= 0.6 is 0 Å². The van der Waals surface area contributed by atoms with Gasteiger partial charge in [-0.2, -0.15) is 0 Å². The van der Waals surface area contributed by atoms with Crippen LogP contribution in [0.25, 0.3) is 0 Å². The van der Waals surface area contributed by atoms with Gasteiger partial charge < -0.3 is 5.11 Å². The maximum Gasteiger partial charge on any atom is 0.335 e. The van der Waals surface area contributed by atoms with Crippen LogP contribution in [0.5, 0.6) is 0 Å². The monoisotopic (exact) mass is 263 g/mol. The number of aromatic carboxylic acids is 1. The average Bonchev–Trinajstić information content (AvgIpc) is 2.15. The average molecular weight is 263 g/mol. The number of rotatable bonds is 4. The summed E-state index contributed by atoms with van der Waals surface area (Å²) >= 11 is 0. The number of hydrogen-bond donors (Lipinski definition) is 1. The molecule has 1 aromatic rings. The van der Waals surface area contributed by atoms with E-state index in [1.807, 2.05) is 12.1 Å². The zero-order chi connectivity index (χ0) is 9.68. The number of benzene rings is 1. The van der Waals surface area contributed by atoms with Gasteiger partial charge in [-0.15, -0.1) is 0 Å². The summed E-state index contributed by atoms with van der Waals surface area (Å²) in [6.45, 7) is 0. The second-order valence-corrected chi connectivity index (χ2v) is 2.89. The largest absolute Gasteiger partial charge is 0.478 e. The van der Waals surface area contributed by atoms with E-state index in [0.29, 0.717) is 11.9 Å². The van der Waals surface area contributed by atoms with Crippen molar-refractivity contribution in [3.8, 4) is 0 Å². The number of carboxylic acid groups (broad SMARTS) is 1. The molecule has 1 rings (SSSR count). The summed E-state index contributed by atoms with van der Waals surface area (Å²) in [5, 5.41) is 8.63. The number of carbonyl (C=O) groups is 1. The molecule has 0 aliphatic rings. The van der Waals surface area contributed by atoms with Crippen molar-refractivity contribution in [1.29, 1.82) is 0 Å². The summed E-state index contributed by atoms with van der Waals surface area (Å²) in [4.78, 5) is 10.5. The number of carboxylic acids is 1. The fourth-order valence-corrected chi connectivity index (χ4v) is 1.12. The predicted molar refractivity (Wildman–Crippen MR) is 52.3 cm³/mol. The SMILES string of the molecule is [B]CCCc1ccc(C(=O)O)cc1.[Y]. The van der Waals surface area contributed by atoms with Crippen LogP contribution < -0.4 is 0 Å². The maximum atomic E-state index is 10.5. The van der Waals surface area contributed by atoms with Crippen molar-refractivity contribution in [2.45, 2.75) is 19.2 Å². The second kappa shape index (κ2) is 7.19. The smallest absolute Gasteiger partial charge is 0.335 e. The Morgan fingerprint density at radius 1 is 1.29 bits per heavy atom. The molecule has 2 nitrogen and oxygen atoms in total. The Morgan fingerprint density at radius 2 is 1.86 bits per heavy atom. The molecule has 0 unspecified atom stereocenters. The van der Waals surface area contributed by atoms with E-state index < -0.39 is 5.97 Å². The van der Waals surface area contributed by atoms with Crippen molar-refractivity contribution in [1.82, 2.24) is 0 Å². The van der Waals surface area contributed by atoms with E-state index in [1.165, 1.54) is 0 Å². The first-order valence-electron chi connectivity index (χ1n) is 4.26. The minimum atomic E-state index is -0.884. The van der Waals surface area contributed by atoms with Crippen LogP contribution in [0, 0.1) is 0 Å². The van der Waals surface area contributed by atoms with Crippen molar-refractivity contribution < 1.29 is 42.6 Å². The van der Waals surface area contributed by atoms with Crippen LogP contribution in [-0.2, 0) is 39.1 Å². The van der Waals surface area contributed by atoms with E-state index in [2.05, 4.69) is 0 Å². The predicted octanol–water partition coefficient (Wildman–Crippen LogP) is 1.90. The Kier molecular flexibility index (Phi) is 7.12. The van der Waals surface area contributed by atoms with Gasteiger partial charge in [0.2, 0.25) is 0 Å². The van der Waals surface area contributed by atoms with Gasteiger partial charge in [0.15, 0.2) is 0 Å². The Labute approximate surface area is 110 Å². The molecule has 69 valence electrons. The molecule has 14 heavy (non-hydrogen) atoms. The topological polar surface area (TPSA) is 37.3 Å². The molecule has 0 amide bonds. The van der Waals surface area contributed by atoms with Crippen LogP contribution in [0.15, 0.2) is 24.3 Å². The van der Waals surface area contributed by atoms with E-state index in [-0.39, 0.29) is 32.7 Å². The Hall–Kier alpha value is -0.141. The normalized spacial score (nSPS) is 9.14. The first-order valence-corrected chi connectivity index (χ1v) is 4.26. The van der Waals surface area contributed by atoms with Gasteiger partial charge in [0, 0.05) is 32.7 Å². The van der Waals surface area contributed by atoms with Crippen LogP contribution in [-0.4, -0.2) is 18.9 Å². The standard InChI is InChI=1S/C10H11BO2.Y/c11-7-1-2-8-3-5-9(6-4-8)10(12)13;/h3-6H,1-2,7H2,(H,12,13);. The fourth-order valence-electron chi connectivity index (χ4n) is 1.12. The van der Waals surface area contributed by atoms with Crippen LogP contribution in [0.2, 0.25) is 6.32 Å². The molecule has 0 aliphatic heterocycles. The minimum absolute atomic E-state index is 0. The zero-order valence-electron chi connectivity index (χ0n) is 7.94. The first kappa shape index (κ1) is 13.9. The van der Waals surface area contributed by atoms with Crippen molar-refractivity contribution in [2.24, 2.45) is 0 Å². The van der Waals surface area contributed by atoms with Gasteiger partial charge in [0.05, 0.1) is 13.4 Å². The summed E-state index contributed by atoms with van der Waals surface area (Å²) < 4.78 is 0. The molecule has 0 saturated heterocycles. The number of hydrogen-bond acceptors (Lipinski definition) is 1. The van der Waals surface area contributed by atoms with Crippen molar-refractivity contribution >= 4 is 13.8 Å². The molecule has 0 fully saturated rings. The quantitative estimate of drug-likeness (QED) is 0.842. The van der Waals surface area contributed by atoms with Gasteiger partial charge in [-0.25, -0.2) is 4.79 Å². The molecule has 0 saturated carbocycles. The summed E-state index contributed by atoms with van der Waals surface area (Å²) in [7, 11) is 5.36. The van der Waals surface area contributed by atoms with Crippen molar-refractivity contribution in [3.63, 3.8) is 0 Å². The van der Waals surface area contributed by atoms with Gasteiger partial charge in [-0.1, -0.05) is 24.9 Å². The molecular weight excluding hydrogens is 252 g/mol. The van der Waals surface area contributed by atoms with Gasteiger partial charge in [0.1, 0.15) is 0 Å². The fraction of sp³-hybridized carbons (Fsp3) is 0.300. The Morgan fingerprint density at radius 3 is 2.29 bits per heavy atom. The minimum Gasteiger partial charge on any atom is -0.478 e. The van der Waals surface area contributed by atoms with Gasteiger partial charge in [0.25, 0.3) is 0 Å². The van der Waals surface area contributed by atoms with Crippen LogP contribution in [0.4, 0.5) is 0 Å². The van der Waals surface area contributed by atoms with E-state index >= 15 is 0 Å². The van der Waals surface area contributed by atoms with Gasteiger partial charge >= 0.3 is 5.97 Å². The molecule has 0 aliphatic carbocycles. The molecule has 1 N–H and O–H groups in total. The summed E-state index contributed by atoms with van der Waals surface area (Å²) in [6, 6.07) is 6.90. The second-order valence-electron chi connectivity index (χ2n) is 2.89. The van der Waals surface area contributed by atoms with Crippen molar-refractivity contribution in [2.75, 3.05) is 0 Å². The van der Waals surface area contributed by atoms with Crippen molar-refractivity contribution in [3.05, 3.63) is 35.4 Å². The van der Waals surface area contributed by atoms with Gasteiger partial charge in [-0.05, 0) is 24.1 Å². The van der Waals surface area contributed by atoms with E-state index in [1.54, 1.807) is 12.1 Å². The molecule has 0 heterocycles. The Balaban J connectivity index is 0.00000169. The molecule has 3 radical (unpaired) electrons. The summed E-state index contributed by atoms with van der Waals surface area (Å²) in [6.07, 6.45) is 2.52. The van der Waals surface area contributed by atoms with Crippen LogP contribution in [0.3, 0.4) is 0 Å². The van der Waals surface area contributed by atoms with E-state index in [0.717, 1.165) is 18.4 Å². The molecular formula is C10H11BO2Y. The van der Waals surface area contributed by atoms with E-state index in [4.69, 9.17) is 13.0 Å².